The largest absolute Gasteiger partial charge is 0.356 e. The molecule has 1 N–H and O–H groups in total. The van der Waals surface area contributed by atoms with Crippen molar-refractivity contribution in [2.24, 2.45) is 0 Å². The van der Waals surface area contributed by atoms with Crippen molar-refractivity contribution in [1.82, 2.24) is 25.3 Å². The summed E-state index contributed by atoms with van der Waals surface area (Å²) >= 11 is 0. The van der Waals surface area contributed by atoms with E-state index in [0.29, 0.717) is 6.04 Å². The minimum atomic E-state index is 0.518. The average Bonchev–Trinajstić information content (AvgIpc) is 3.28. The summed E-state index contributed by atoms with van der Waals surface area (Å²) in [5.74, 6) is 2.02. The van der Waals surface area contributed by atoms with Crippen molar-refractivity contribution in [3.63, 3.8) is 0 Å². The molecule has 7 heteroatoms. The van der Waals surface area contributed by atoms with E-state index in [1.165, 1.54) is 12.8 Å². The predicted molar refractivity (Wildman–Crippen MR) is 112 cm³/mol. The fourth-order valence-electron chi connectivity index (χ4n) is 3.94. The standard InChI is InChI=1S/C21H31N7/c1-3-17-12-20(26-21(25-17)28-8-4-5-9-28)27-10-6-18(7-11-27)24-15-19-14-22-16(2)13-23-19/h12-14,18,24H,3-11,15H2,1-2H3. The van der Waals surface area contributed by atoms with Crippen molar-refractivity contribution < 1.29 is 0 Å². The lowest BCUT2D eigenvalue weighted by Crippen LogP contribution is -2.42. The summed E-state index contributed by atoms with van der Waals surface area (Å²) in [5.41, 5.74) is 3.11. The van der Waals surface area contributed by atoms with Gasteiger partial charge in [-0.05, 0) is 39.0 Å². The fraction of sp³-hybridized carbons (Fsp3) is 0.619. The van der Waals surface area contributed by atoms with Gasteiger partial charge in [-0.2, -0.15) is 4.98 Å². The highest BCUT2D eigenvalue weighted by Crippen LogP contribution is 2.24. The number of aromatic nitrogens is 4. The molecule has 0 bridgehead atoms. The van der Waals surface area contributed by atoms with Crippen molar-refractivity contribution in [2.45, 2.75) is 58.5 Å². The van der Waals surface area contributed by atoms with Gasteiger partial charge in [0.2, 0.25) is 5.95 Å². The predicted octanol–water partition coefficient (Wildman–Crippen LogP) is 2.50. The van der Waals surface area contributed by atoms with Crippen LogP contribution in [-0.2, 0) is 13.0 Å². The molecule has 0 radical (unpaired) electrons. The van der Waals surface area contributed by atoms with Crippen LogP contribution in [0.3, 0.4) is 0 Å². The zero-order valence-electron chi connectivity index (χ0n) is 17.1. The highest BCUT2D eigenvalue weighted by atomic mass is 15.3. The van der Waals surface area contributed by atoms with Gasteiger partial charge in [0.05, 0.1) is 11.4 Å². The number of anilines is 2. The maximum atomic E-state index is 4.92. The fourth-order valence-corrected chi connectivity index (χ4v) is 3.94. The van der Waals surface area contributed by atoms with E-state index in [1.54, 1.807) is 0 Å². The smallest absolute Gasteiger partial charge is 0.227 e. The normalized spacial score (nSPS) is 18.1. The average molecular weight is 382 g/mol. The molecule has 0 spiro atoms. The molecule has 4 heterocycles. The summed E-state index contributed by atoms with van der Waals surface area (Å²) < 4.78 is 0. The van der Waals surface area contributed by atoms with Crippen LogP contribution in [0.1, 0.15) is 49.7 Å². The topological polar surface area (TPSA) is 70.1 Å². The van der Waals surface area contributed by atoms with Gasteiger partial charge in [0.1, 0.15) is 5.82 Å². The molecule has 28 heavy (non-hydrogen) atoms. The molecule has 0 saturated carbocycles. The number of hydrogen-bond donors (Lipinski definition) is 1. The van der Waals surface area contributed by atoms with Gasteiger partial charge in [-0.15, -0.1) is 0 Å². The lowest BCUT2D eigenvalue weighted by molar-refractivity contribution is 0.410. The molecule has 2 aromatic rings. The Morgan fingerprint density at radius 3 is 2.43 bits per heavy atom. The van der Waals surface area contributed by atoms with Gasteiger partial charge in [-0.3, -0.25) is 9.97 Å². The van der Waals surface area contributed by atoms with Gasteiger partial charge in [-0.25, -0.2) is 4.98 Å². The van der Waals surface area contributed by atoms with Gasteiger partial charge in [-0.1, -0.05) is 6.92 Å². The lowest BCUT2D eigenvalue weighted by atomic mass is 10.0. The van der Waals surface area contributed by atoms with Crippen LogP contribution >= 0.6 is 0 Å². The molecule has 2 aliphatic rings. The summed E-state index contributed by atoms with van der Waals surface area (Å²) in [4.78, 5) is 23.2. The highest BCUT2D eigenvalue weighted by Gasteiger charge is 2.22. The molecule has 7 nitrogen and oxygen atoms in total. The number of nitrogens with one attached hydrogen (secondary N) is 1. The first kappa shape index (κ1) is 19.1. The molecule has 0 unspecified atom stereocenters. The molecule has 0 aliphatic carbocycles. The van der Waals surface area contributed by atoms with Gasteiger partial charge in [0, 0.05) is 62.9 Å². The second kappa shape index (κ2) is 8.82. The van der Waals surface area contributed by atoms with E-state index in [1.807, 2.05) is 19.3 Å². The number of nitrogens with zero attached hydrogens (tertiary/aromatic N) is 6. The van der Waals surface area contributed by atoms with Gasteiger partial charge < -0.3 is 15.1 Å². The molecule has 0 amide bonds. The lowest BCUT2D eigenvalue weighted by Gasteiger charge is -2.33. The number of hydrogen-bond acceptors (Lipinski definition) is 7. The molecule has 2 aromatic heterocycles. The Morgan fingerprint density at radius 1 is 0.964 bits per heavy atom. The zero-order chi connectivity index (χ0) is 19.3. The molecule has 0 atom stereocenters. The van der Waals surface area contributed by atoms with Crippen LogP contribution in [0.15, 0.2) is 18.5 Å². The maximum Gasteiger partial charge on any atom is 0.227 e. The summed E-state index contributed by atoms with van der Waals surface area (Å²) in [6.07, 6.45) is 9.37. The Balaban J connectivity index is 1.35. The first-order valence-corrected chi connectivity index (χ1v) is 10.6. The Labute approximate surface area is 167 Å². The third kappa shape index (κ3) is 4.58. The van der Waals surface area contributed by atoms with Gasteiger partial charge in [0.15, 0.2) is 0 Å². The Kier molecular flexibility index (Phi) is 6.00. The molecule has 0 aromatic carbocycles. The van der Waals surface area contributed by atoms with E-state index in [2.05, 4.69) is 38.1 Å². The van der Waals surface area contributed by atoms with Crippen LogP contribution in [-0.4, -0.2) is 52.2 Å². The van der Waals surface area contributed by atoms with Crippen LogP contribution in [0.4, 0.5) is 11.8 Å². The first-order valence-electron chi connectivity index (χ1n) is 10.6. The third-order valence-electron chi connectivity index (χ3n) is 5.73. The van der Waals surface area contributed by atoms with Crippen LogP contribution in [0.2, 0.25) is 0 Å². The number of rotatable bonds is 6. The minimum Gasteiger partial charge on any atom is -0.356 e. The number of aryl methyl sites for hydroxylation is 2. The number of piperidine rings is 1. The van der Waals surface area contributed by atoms with E-state index >= 15 is 0 Å². The molecule has 2 saturated heterocycles. The third-order valence-corrected chi connectivity index (χ3v) is 5.73. The van der Waals surface area contributed by atoms with Crippen molar-refractivity contribution in [2.75, 3.05) is 36.0 Å². The summed E-state index contributed by atoms with van der Waals surface area (Å²) in [5, 5.41) is 3.64. The van der Waals surface area contributed by atoms with Gasteiger partial charge >= 0.3 is 0 Å². The van der Waals surface area contributed by atoms with Crippen LogP contribution in [0.25, 0.3) is 0 Å². The van der Waals surface area contributed by atoms with Gasteiger partial charge in [0.25, 0.3) is 0 Å². The maximum absolute atomic E-state index is 4.92. The quantitative estimate of drug-likeness (QED) is 0.824. The van der Waals surface area contributed by atoms with Crippen molar-refractivity contribution in [3.05, 3.63) is 35.5 Å². The van der Waals surface area contributed by atoms with Crippen LogP contribution in [0, 0.1) is 6.92 Å². The Hall–Kier alpha value is -2.28. The van der Waals surface area contributed by atoms with E-state index in [9.17, 15) is 0 Å². The Bertz CT molecular complexity index is 763. The second-order valence-corrected chi connectivity index (χ2v) is 7.86. The molecule has 150 valence electrons. The SMILES string of the molecule is CCc1cc(N2CCC(NCc3cnc(C)cn3)CC2)nc(N2CCCC2)n1. The van der Waals surface area contributed by atoms with Crippen molar-refractivity contribution in [1.29, 1.82) is 0 Å². The van der Waals surface area contributed by atoms with E-state index in [4.69, 9.17) is 9.97 Å². The summed E-state index contributed by atoms with van der Waals surface area (Å²) in [6.45, 7) is 9.13. The van der Waals surface area contributed by atoms with Crippen LogP contribution in [0.5, 0.6) is 0 Å². The second-order valence-electron chi connectivity index (χ2n) is 7.86. The monoisotopic (exact) mass is 381 g/mol. The summed E-state index contributed by atoms with van der Waals surface area (Å²) in [6, 6.07) is 2.69. The Morgan fingerprint density at radius 2 is 1.75 bits per heavy atom. The molecule has 2 aliphatic heterocycles. The molecular formula is C21H31N7. The summed E-state index contributed by atoms with van der Waals surface area (Å²) in [7, 11) is 0. The van der Waals surface area contributed by atoms with E-state index < -0.39 is 0 Å². The van der Waals surface area contributed by atoms with Crippen molar-refractivity contribution >= 4 is 11.8 Å². The molecule has 4 rings (SSSR count). The van der Waals surface area contributed by atoms with Crippen molar-refractivity contribution in [3.8, 4) is 0 Å². The van der Waals surface area contributed by atoms with E-state index in [0.717, 1.165) is 80.8 Å². The zero-order valence-corrected chi connectivity index (χ0v) is 17.1. The first-order chi connectivity index (χ1) is 13.7. The molecular weight excluding hydrogens is 350 g/mol. The minimum absolute atomic E-state index is 0.518. The highest BCUT2D eigenvalue weighted by molar-refractivity contribution is 5.47. The van der Waals surface area contributed by atoms with E-state index in [-0.39, 0.29) is 0 Å². The molecule has 2 fully saturated rings. The van der Waals surface area contributed by atoms with Crippen LogP contribution < -0.4 is 15.1 Å².